The number of benzene rings is 3. The molecule has 0 radical (unpaired) electrons. The van der Waals surface area contributed by atoms with Crippen molar-refractivity contribution in [1.82, 2.24) is 9.21 Å². The molecule has 1 saturated heterocycles. The van der Waals surface area contributed by atoms with Crippen LogP contribution in [0.4, 0.5) is 11.4 Å². The summed E-state index contributed by atoms with van der Waals surface area (Å²) >= 11 is 0. The van der Waals surface area contributed by atoms with Crippen molar-refractivity contribution in [3.8, 4) is 5.75 Å². The van der Waals surface area contributed by atoms with Gasteiger partial charge in [0.15, 0.2) is 4.90 Å². The van der Waals surface area contributed by atoms with Gasteiger partial charge in [-0.15, -0.1) is 0 Å². The molecular formula is C26H26N4O7S. The minimum atomic E-state index is -4.06. The molecule has 1 N–H and O–H groups in total. The molecule has 11 nitrogen and oxygen atoms in total. The van der Waals surface area contributed by atoms with Gasteiger partial charge in [-0.2, -0.15) is 4.31 Å². The van der Waals surface area contributed by atoms with Crippen molar-refractivity contribution in [2.24, 2.45) is 0 Å². The van der Waals surface area contributed by atoms with E-state index in [9.17, 15) is 23.3 Å². The number of rotatable bonds is 7. The first-order valence-electron chi connectivity index (χ1n) is 12.0. The van der Waals surface area contributed by atoms with E-state index in [4.69, 9.17) is 9.15 Å². The van der Waals surface area contributed by atoms with E-state index in [0.29, 0.717) is 17.0 Å². The van der Waals surface area contributed by atoms with Crippen LogP contribution in [0, 0.1) is 10.1 Å². The van der Waals surface area contributed by atoms with Gasteiger partial charge in [-0.05, 0) is 25.1 Å². The first-order chi connectivity index (χ1) is 18.2. The van der Waals surface area contributed by atoms with Crippen molar-refractivity contribution >= 4 is 49.2 Å². The van der Waals surface area contributed by atoms with Crippen LogP contribution < -0.4 is 10.1 Å². The summed E-state index contributed by atoms with van der Waals surface area (Å²) in [7, 11) is -2.53. The first kappa shape index (κ1) is 25.6. The molecule has 4 aromatic rings. The zero-order valence-corrected chi connectivity index (χ0v) is 21.6. The zero-order valence-electron chi connectivity index (χ0n) is 20.8. The van der Waals surface area contributed by atoms with Gasteiger partial charge >= 0.3 is 0 Å². The van der Waals surface area contributed by atoms with Crippen LogP contribution in [0.5, 0.6) is 5.75 Å². The van der Waals surface area contributed by atoms with Crippen LogP contribution in [0.2, 0.25) is 0 Å². The van der Waals surface area contributed by atoms with E-state index in [1.54, 1.807) is 13.0 Å². The fraction of sp³-hybridized carbons (Fsp3) is 0.269. The SMILES string of the molecule is COc1cc2c(cc1NC(=O)[C@@H](C)N1CCN(S(=O)(=O)c3ccccc3[N+](=O)[O-])CC1)oc1ccccc12. The molecule has 1 aromatic heterocycles. The number of methoxy groups -OCH3 is 1. The molecule has 198 valence electrons. The predicted octanol–water partition coefficient (Wildman–Crippen LogP) is 3.84. The van der Waals surface area contributed by atoms with Crippen molar-refractivity contribution in [3.05, 3.63) is 70.8 Å². The van der Waals surface area contributed by atoms with Crippen molar-refractivity contribution in [2.75, 3.05) is 38.6 Å². The lowest BCUT2D eigenvalue weighted by Gasteiger charge is -2.36. The number of para-hydroxylation sites is 2. The molecule has 0 unspecified atom stereocenters. The third-order valence-corrected chi connectivity index (χ3v) is 8.78. The lowest BCUT2D eigenvalue weighted by Crippen LogP contribution is -2.53. The van der Waals surface area contributed by atoms with Gasteiger partial charge in [0.25, 0.3) is 5.69 Å². The van der Waals surface area contributed by atoms with E-state index in [0.717, 1.165) is 16.4 Å². The Morgan fingerprint density at radius 3 is 2.42 bits per heavy atom. The Morgan fingerprint density at radius 2 is 1.71 bits per heavy atom. The van der Waals surface area contributed by atoms with Gasteiger partial charge in [0.05, 0.1) is 23.8 Å². The van der Waals surface area contributed by atoms with Gasteiger partial charge in [0.2, 0.25) is 15.9 Å². The number of carbonyl (C=O) groups excluding carboxylic acids is 1. The van der Waals surface area contributed by atoms with E-state index in [1.807, 2.05) is 35.2 Å². The van der Waals surface area contributed by atoms with Crippen LogP contribution in [0.15, 0.2) is 70.0 Å². The maximum atomic E-state index is 13.2. The Labute approximate surface area is 218 Å². The summed E-state index contributed by atoms with van der Waals surface area (Å²) in [6.45, 7) is 2.51. The summed E-state index contributed by atoms with van der Waals surface area (Å²) in [6, 6.07) is 15.9. The molecule has 0 bridgehead atoms. The Balaban J connectivity index is 1.29. The molecule has 0 saturated carbocycles. The minimum absolute atomic E-state index is 0.0975. The number of sulfonamides is 1. The van der Waals surface area contributed by atoms with Gasteiger partial charge in [0, 0.05) is 49.1 Å². The lowest BCUT2D eigenvalue weighted by molar-refractivity contribution is -0.387. The molecule has 12 heteroatoms. The van der Waals surface area contributed by atoms with Crippen molar-refractivity contribution in [1.29, 1.82) is 0 Å². The summed E-state index contributed by atoms with van der Waals surface area (Å²) in [5, 5.41) is 16.1. The number of anilines is 1. The number of nitrogens with zero attached hydrogens (tertiary/aromatic N) is 3. The summed E-state index contributed by atoms with van der Waals surface area (Å²) < 4.78 is 38.9. The number of ether oxygens (including phenoxy) is 1. The maximum absolute atomic E-state index is 13.2. The van der Waals surface area contributed by atoms with Gasteiger partial charge in [-0.25, -0.2) is 8.42 Å². The molecule has 2 heterocycles. The number of nitro groups is 1. The fourth-order valence-corrected chi connectivity index (χ4v) is 6.30. The number of fused-ring (bicyclic) bond motifs is 3. The van der Waals surface area contributed by atoms with E-state index >= 15 is 0 Å². The highest BCUT2D eigenvalue weighted by Gasteiger charge is 2.35. The predicted molar refractivity (Wildman–Crippen MR) is 142 cm³/mol. The molecule has 0 spiro atoms. The Morgan fingerprint density at radius 1 is 1.03 bits per heavy atom. The average molecular weight is 539 g/mol. The fourth-order valence-electron chi connectivity index (χ4n) is 4.72. The van der Waals surface area contributed by atoms with Crippen LogP contribution >= 0.6 is 0 Å². The van der Waals surface area contributed by atoms with Gasteiger partial charge in [-0.3, -0.25) is 19.8 Å². The highest BCUT2D eigenvalue weighted by atomic mass is 32.2. The summed E-state index contributed by atoms with van der Waals surface area (Å²) in [4.78, 5) is 25.3. The molecule has 1 aliphatic heterocycles. The minimum Gasteiger partial charge on any atom is -0.495 e. The number of hydrogen-bond donors (Lipinski definition) is 1. The number of furan rings is 1. The highest BCUT2D eigenvalue weighted by molar-refractivity contribution is 7.89. The Bertz CT molecular complexity index is 1640. The standard InChI is InChI=1S/C26H26N4O7S/c1-17(28-11-13-29(14-12-28)38(34,35)25-10-6-4-8-21(25)30(32)33)26(31)27-20-16-23-19(15-24(20)36-2)18-7-3-5-9-22(18)37-23/h3-10,15-17H,11-14H2,1-2H3,(H,27,31)/t17-/m1/s1. The molecule has 5 rings (SSSR count). The van der Waals surface area contributed by atoms with Crippen molar-refractivity contribution in [2.45, 2.75) is 17.9 Å². The number of nitro benzene ring substituents is 1. The number of hydrogen-bond acceptors (Lipinski definition) is 8. The molecule has 38 heavy (non-hydrogen) atoms. The van der Waals surface area contributed by atoms with Gasteiger partial charge < -0.3 is 14.5 Å². The van der Waals surface area contributed by atoms with Crippen LogP contribution in [-0.2, 0) is 14.8 Å². The second-order valence-electron chi connectivity index (χ2n) is 8.98. The second-order valence-corrected chi connectivity index (χ2v) is 10.9. The number of nitrogens with one attached hydrogen (secondary N) is 1. The molecule has 1 amide bonds. The topological polar surface area (TPSA) is 135 Å². The lowest BCUT2D eigenvalue weighted by atomic mass is 10.1. The number of carbonyl (C=O) groups is 1. The van der Waals surface area contributed by atoms with E-state index in [2.05, 4.69) is 5.32 Å². The van der Waals surface area contributed by atoms with E-state index in [-0.39, 0.29) is 37.0 Å². The smallest absolute Gasteiger partial charge is 0.289 e. The second kappa shape index (κ2) is 10.0. The average Bonchev–Trinajstić information content (AvgIpc) is 3.29. The third-order valence-electron chi connectivity index (χ3n) is 6.84. The van der Waals surface area contributed by atoms with Crippen LogP contribution in [0.1, 0.15) is 6.92 Å². The molecule has 1 atom stereocenters. The summed E-state index contributed by atoms with van der Waals surface area (Å²) in [6.07, 6.45) is 0. The molecule has 0 aliphatic carbocycles. The molecule has 1 fully saturated rings. The van der Waals surface area contributed by atoms with Crippen LogP contribution in [-0.4, -0.2) is 67.8 Å². The maximum Gasteiger partial charge on any atom is 0.289 e. The van der Waals surface area contributed by atoms with E-state index < -0.39 is 26.7 Å². The third kappa shape index (κ3) is 4.57. The quantitative estimate of drug-likeness (QED) is 0.277. The largest absolute Gasteiger partial charge is 0.495 e. The monoisotopic (exact) mass is 538 g/mol. The van der Waals surface area contributed by atoms with Crippen molar-refractivity contribution in [3.63, 3.8) is 0 Å². The van der Waals surface area contributed by atoms with E-state index in [1.165, 1.54) is 35.7 Å². The van der Waals surface area contributed by atoms with Crippen LogP contribution in [0.3, 0.4) is 0 Å². The number of piperazine rings is 1. The number of amides is 1. The summed E-state index contributed by atoms with van der Waals surface area (Å²) in [5.41, 5.74) is 1.35. The highest BCUT2D eigenvalue weighted by Crippen LogP contribution is 2.36. The zero-order chi connectivity index (χ0) is 27.0. The Kier molecular flexibility index (Phi) is 6.78. The first-order valence-corrected chi connectivity index (χ1v) is 13.4. The van der Waals surface area contributed by atoms with Gasteiger partial charge in [0.1, 0.15) is 16.9 Å². The molecule has 3 aromatic carbocycles. The Hall–Kier alpha value is -4.00. The normalized spacial score (nSPS) is 15.9. The molecule has 1 aliphatic rings. The summed E-state index contributed by atoms with van der Waals surface area (Å²) in [5.74, 6) is 0.207. The van der Waals surface area contributed by atoms with Crippen molar-refractivity contribution < 1.29 is 27.3 Å². The van der Waals surface area contributed by atoms with Gasteiger partial charge in [-0.1, -0.05) is 30.3 Å². The van der Waals surface area contributed by atoms with Crippen LogP contribution in [0.25, 0.3) is 21.9 Å². The molecular weight excluding hydrogens is 512 g/mol.